The summed E-state index contributed by atoms with van der Waals surface area (Å²) in [4.78, 5) is 23.7. The van der Waals surface area contributed by atoms with Crippen LogP contribution >= 0.6 is 0 Å². The Hall–Kier alpha value is -2.14. The lowest BCUT2D eigenvalue weighted by Crippen LogP contribution is -2.38. The summed E-state index contributed by atoms with van der Waals surface area (Å²) in [6.07, 6.45) is 7.86. The van der Waals surface area contributed by atoms with Gasteiger partial charge in [0.2, 0.25) is 0 Å². The molecule has 3 atom stereocenters. The Balaban J connectivity index is 3.59. The molecule has 0 heterocycles. The number of carbonyl (C=O) groups is 2. The van der Waals surface area contributed by atoms with Gasteiger partial charge in [0.1, 0.15) is 0 Å². The van der Waals surface area contributed by atoms with E-state index in [1.54, 1.807) is 13.0 Å². The van der Waals surface area contributed by atoms with E-state index < -0.39 is 30.3 Å². The molecule has 0 aromatic heterocycles. The second kappa shape index (κ2) is 11.8. The lowest BCUT2D eigenvalue weighted by atomic mass is 9.89. The van der Waals surface area contributed by atoms with Gasteiger partial charge in [0, 0.05) is 13.8 Å². The average Bonchev–Trinajstić information content (AvgIpc) is 2.57. The molecule has 0 radical (unpaired) electrons. The van der Waals surface area contributed by atoms with E-state index in [4.69, 9.17) is 9.47 Å². The first-order valence-corrected chi connectivity index (χ1v) is 10.2. The Morgan fingerprint density at radius 1 is 1.00 bits per heavy atom. The minimum atomic E-state index is -0.805. The van der Waals surface area contributed by atoms with Gasteiger partial charge in [-0.3, -0.25) is 9.59 Å². The monoisotopic (exact) mass is 404 g/mol. The van der Waals surface area contributed by atoms with E-state index in [1.165, 1.54) is 19.4 Å². The Morgan fingerprint density at radius 2 is 1.59 bits per heavy atom. The number of carbonyl (C=O) groups excluding carboxylic acids is 2. The van der Waals surface area contributed by atoms with Crippen LogP contribution in [0.15, 0.2) is 46.6 Å². The Labute approximate surface area is 175 Å². The molecule has 0 fully saturated rings. The number of aliphatic hydroxyl groups excluding tert-OH is 1. The minimum absolute atomic E-state index is 0.0641. The maximum atomic E-state index is 11.9. The fourth-order valence-corrected chi connectivity index (χ4v) is 3.41. The zero-order chi connectivity index (χ0) is 22.1. The lowest BCUT2D eigenvalue weighted by molar-refractivity contribution is -0.160. The normalized spacial score (nSPS) is 31.7. The fourth-order valence-electron chi connectivity index (χ4n) is 3.41. The van der Waals surface area contributed by atoms with Gasteiger partial charge in [0.15, 0.2) is 12.2 Å². The van der Waals surface area contributed by atoms with E-state index in [-0.39, 0.29) is 5.92 Å². The van der Waals surface area contributed by atoms with E-state index in [1.807, 2.05) is 32.9 Å². The zero-order valence-corrected chi connectivity index (χ0v) is 18.8. The van der Waals surface area contributed by atoms with Gasteiger partial charge in [-0.1, -0.05) is 49.3 Å². The predicted octanol–water partition coefficient (Wildman–Crippen LogP) is 4.82. The van der Waals surface area contributed by atoms with Crippen molar-refractivity contribution in [3.05, 3.63) is 46.6 Å². The quantitative estimate of drug-likeness (QED) is 0.539. The number of ether oxygens (including phenoxy) is 2. The van der Waals surface area contributed by atoms with Gasteiger partial charge in [0.05, 0.1) is 6.10 Å². The van der Waals surface area contributed by atoms with Gasteiger partial charge in [0.25, 0.3) is 0 Å². The van der Waals surface area contributed by atoms with Gasteiger partial charge in [-0.05, 0) is 57.1 Å². The van der Waals surface area contributed by atoms with Crippen LogP contribution in [0.3, 0.4) is 0 Å². The average molecular weight is 405 g/mol. The van der Waals surface area contributed by atoms with Crippen molar-refractivity contribution >= 4 is 11.9 Å². The summed E-state index contributed by atoms with van der Waals surface area (Å²) in [6, 6.07) is 0. The third kappa shape index (κ3) is 8.82. The number of rotatable bonds is 3. The molecule has 5 heteroatoms. The van der Waals surface area contributed by atoms with Crippen LogP contribution < -0.4 is 0 Å². The zero-order valence-electron chi connectivity index (χ0n) is 18.8. The van der Waals surface area contributed by atoms with Crippen LogP contribution in [0.2, 0.25) is 0 Å². The van der Waals surface area contributed by atoms with Crippen molar-refractivity contribution in [2.24, 2.45) is 5.92 Å². The van der Waals surface area contributed by atoms with E-state index in [0.29, 0.717) is 12.0 Å². The lowest BCUT2D eigenvalue weighted by Gasteiger charge is -2.31. The van der Waals surface area contributed by atoms with Crippen LogP contribution in [0.1, 0.15) is 67.7 Å². The van der Waals surface area contributed by atoms with Crippen LogP contribution in [-0.4, -0.2) is 35.4 Å². The molecule has 0 saturated heterocycles. The summed E-state index contributed by atoms with van der Waals surface area (Å²) >= 11 is 0. The fraction of sp³-hybridized carbons (Fsp3) is 0.583. The van der Waals surface area contributed by atoms with Crippen molar-refractivity contribution in [3.8, 4) is 0 Å². The van der Waals surface area contributed by atoms with Crippen molar-refractivity contribution in [2.45, 2.75) is 86.0 Å². The van der Waals surface area contributed by atoms with Crippen molar-refractivity contribution in [1.82, 2.24) is 0 Å². The molecule has 1 aliphatic carbocycles. The largest absolute Gasteiger partial charge is 0.454 e. The maximum Gasteiger partial charge on any atom is 0.303 e. The van der Waals surface area contributed by atoms with Crippen molar-refractivity contribution < 1.29 is 24.2 Å². The van der Waals surface area contributed by atoms with Crippen LogP contribution in [0.5, 0.6) is 0 Å². The maximum absolute atomic E-state index is 11.9. The van der Waals surface area contributed by atoms with Crippen LogP contribution in [-0.2, 0) is 19.1 Å². The number of esters is 2. The third-order valence-electron chi connectivity index (χ3n) is 4.88. The molecule has 0 aromatic carbocycles. The highest BCUT2D eigenvalue weighted by Crippen LogP contribution is 2.28. The van der Waals surface area contributed by atoms with Crippen LogP contribution in [0.4, 0.5) is 0 Å². The van der Waals surface area contributed by atoms with Gasteiger partial charge in [-0.2, -0.15) is 0 Å². The molecule has 1 rings (SSSR count). The molecule has 0 spiro atoms. The Kier molecular flexibility index (Phi) is 10.1. The molecule has 3 unspecified atom stereocenters. The molecule has 1 aliphatic rings. The number of allylic oxidation sites excluding steroid dienone is 4. The molecular weight excluding hydrogens is 368 g/mol. The first kappa shape index (κ1) is 24.9. The highest BCUT2D eigenvalue weighted by atomic mass is 16.6. The van der Waals surface area contributed by atoms with Gasteiger partial charge < -0.3 is 14.6 Å². The molecular formula is C24H36O5. The summed E-state index contributed by atoms with van der Waals surface area (Å²) in [5, 5.41) is 10.5. The van der Waals surface area contributed by atoms with Crippen LogP contribution in [0.25, 0.3) is 0 Å². The second-order valence-corrected chi connectivity index (χ2v) is 8.17. The smallest absolute Gasteiger partial charge is 0.303 e. The molecule has 29 heavy (non-hydrogen) atoms. The van der Waals surface area contributed by atoms with Crippen molar-refractivity contribution in [2.75, 3.05) is 0 Å². The standard InChI is InChI=1S/C24H36O5/c1-15(2)22-12-11-16(3)9-8-10-17(4)13-21(27)14-18(5)23(28-19(6)25)24(22)29-20(7)26/h10-12,14-15,21,23-24,27H,8-9,13H2,1-7H3/b16-11+,17-10+,18-14+,22-12+. The Morgan fingerprint density at radius 3 is 2.14 bits per heavy atom. The van der Waals surface area contributed by atoms with Gasteiger partial charge in [-0.15, -0.1) is 0 Å². The summed E-state index contributed by atoms with van der Waals surface area (Å²) in [6.45, 7) is 12.6. The van der Waals surface area contributed by atoms with Gasteiger partial charge in [-0.25, -0.2) is 0 Å². The molecule has 0 amide bonds. The summed E-state index contributed by atoms with van der Waals surface area (Å²) in [5.41, 5.74) is 3.81. The number of aliphatic hydroxyl groups is 1. The highest BCUT2D eigenvalue weighted by molar-refractivity contribution is 5.68. The number of hydrogen-bond donors (Lipinski definition) is 1. The van der Waals surface area contributed by atoms with Crippen molar-refractivity contribution in [1.29, 1.82) is 0 Å². The summed E-state index contributed by atoms with van der Waals surface area (Å²) < 4.78 is 11.2. The van der Waals surface area contributed by atoms with E-state index in [9.17, 15) is 14.7 Å². The molecule has 0 bridgehead atoms. The van der Waals surface area contributed by atoms with Crippen molar-refractivity contribution in [3.63, 3.8) is 0 Å². The first-order valence-electron chi connectivity index (χ1n) is 10.2. The topological polar surface area (TPSA) is 72.8 Å². The summed E-state index contributed by atoms with van der Waals surface area (Å²) in [7, 11) is 0. The van der Waals surface area contributed by atoms with E-state index in [2.05, 4.69) is 13.0 Å². The molecule has 1 N–H and O–H groups in total. The molecule has 0 aliphatic heterocycles. The number of hydrogen-bond acceptors (Lipinski definition) is 5. The first-order chi connectivity index (χ1) is 13.5. The third-order valence-corrected chi connectivity index (χ3v) is 4.88. The molecule has 162 valence electrons. The van der Waals surface area contributed by atoms with E-state index >= 15 is 0 Å². The van der Waals surface area contributed by atoms with Crippen LogP contribution in [0, 0.1) is 5.92 Å². The highest BCUT2D eigenvalue weighted by Gasteiger charge is 2.33. The minimum Gasteiger partial charge on any atom is -0.454 e. The van der Waals surface area contributed by atoms with Gasteiger partial charge >= 0.3 is 11.9 Å². The predicted molar refractivity (Wildman–Crippen MR) is 115 cm³/mol. The summed E-state index contributed by atoms with van der Waals surface area (Å²) in [5.74, 6) is -0.858. The molecule has 5 nitrogen and oxygen atoms in total. The molecule has 0 aromatic rings. The van der Waals surface area contributed by atoms with E-state index in [0.717, 1.165) is 24.0 Å². The Bertz CT molecular complexity index is 709. The SMILES string of the molecule is CC(=O)OC1/C(C)=C/C(O)C/C(C)=C/CC/C(C)=C/C=C(\C(C)C)C1OC(C)=O. The second-order valence-electron chi connectivity index (χ2n) is 8.17. The molecule has 0 saturated carbocycles.